The number of rotatable bonds is 3. The van der Waals surface area contributed by atoms with Crippen molar-refractivity contribution in [2.75, 3.05) is 27.3 Å². The minimum Gasteiger partial charge on any atom is -0.496 e. The highest BCUT2D eigenvalue weighted by Gasteiger charge is 2.38. The summed E-state index contributed by atoms with van der Waals surface area (Å²) in [5.74, 6) is 0.0366. The Morgan fingerprint density at radius 1 is 1.24 bits per heavy atom. The highest BCUT2D eigenvalue weighted by atomic mass is 16.5. The van der Waals surface area contributed by atoms with Crippen molar-refractivity contribution in [3.63, 3.8) is 0 Å². The number of nitrogens with zero attached hydrogens (tertiary/aromatic N) is 1. The molecule has 21 heavy (non-hydrogen) atoms. The number of carbonyl (C=O) groups excluding carboxylic acids is 2. The smallest absolute Gasteiger partial charge is 0.310 e. The zero-order valence-electron chi connectivity index (χ0n) is 12.9. The predicted molar refractivity (Wildman–Crippen MR) is 78.3 cm³/mol. The van der Waals surface area contributed by atoms with Gasteiger partial charge in [0.15, 0.2) is 0 Å². The van der Waals surface area contributed by atoms with Gasteiger partial charge in [-0.2, -0.15) is 0 Å². The van der Waals surface area contributed by atoms with Crippen LogP contribution >= 0.6 is 0 Å². The van der Waals surface area contributed by atoms with Gasteiger partial charge in [0, 0.05) is 13.1 Å². The third-order valence-electron chi connectivity index (χ3n) is 3.99. The van der Waals surface area contributed by atoms with E-state index in [0.717, 1.165) is 5.56 Å². The third-order valence-corrected chi connectivity index (χ3v) is 3.99. The van der Waals surface area contributed by atoms with E-state index in [0.29, 0.717) is 24.4 Å². The lowest BCUT2D eigenvalue weighted by Crippen LogP contribution is -2.30. The first-order valence-corrected chi connectivity index (χ1v) is 6.99. The molecular weight excluding hydrogens is 270 g/mol. The van der Waals surface area contributed by atoms with Crippen molar-refractivity contribution >= 4 is 11.9 Å². The predicted octanol–water partition coefficient (Wildman–Crippen LogP) is 1.88. The van der Waals surface area contributed by atoms with Crippen molar-refractivity contribution in [3.8, 4) is 5.75 Å². The van der Waals surface area contributed by atoms with Crippen LogP contribution in [0.5, 0.6) is 5.75 Å². The molecule has 2 rings (SSSR count). The Bertz CT molecular complexity index is 555. The van der Waals surface area contributed by atoms with Crippen LogP contribution in [0.2, 0.25) is 0 Å². The summed E-state index contributed by atoms with van der Waals surface area (Å²) in [6, 6.07) is 5.51. The molecule has 0 radical (unpaired) electrons. The monoisotopic (exact) mass is 291 g/mol. The molecule has 0 bridgehead atoms. The second kappa shape index (κ2) is 6.16. The van der Waals surface area contributed by atoms with E-state index in [4.69, 9.17) is 9.47 Å². The lowest BCUT2D eigenvalue weighted by Gasteiger charge is -2.18. The topological polar surface area (TPSA) is 55.8 Å². The number of esters is 1. The van der Waals surface area contributed by atoms with Crippen molar-refractivity contribution in [2.24, 2.45) is 11.8 Å². The minimum atomic E-state index is -0.256. The Morgan fingerprint density at radius 2 is 1.95 bits per heavy atom. The van der Waals surface area contributed by atoms with Gasteiger partial charge in [-0.1, -0.05) is 18.6 Å². The highest BCUT2D eigenvalue weighted by molar-refractivity contribution is 5.97. The van der Waals surface area contributed by atoms with Crippen LogP contribution in [0.15, 0.2) is 18.2 Å². The molecule has 0 aliphatic carbocycles. The number of benzene rings is 1. The summed E-state index contributed by atoms with van der Waals surface area (Å²) in [7, 11) is 2.93. The molecule has 1 aromatic rings. The average Bonchev–Trinajstić information content (AvgIpc) is 2.87. The number of likely N-dealkylation sites (tertiary alicyclic amines) is 1. The summed E-state index contributed by atoms with van der Waals surface area (Å²) in [6.07, 6.45) is 0. The molecule has 1 fully saturated rings. The fraction of sp³-hybridized carbons (Fsp3) is 0.500. The van der Waals surface area contributed by atoms with Crippen LogP contribution in [0.25, 0.3) is 0 Å². The van der Waals surface area contributed by atoms with Crippen LogP contribution in [-0.4, -0.2) is 44.1 Å². The first kappa shape index (κ1) is 15.4. The Kier molecular flexibility index (Phi) is 4.50. The summed E-state index contributed by atoms with van der Waals surface area (Å²) in [5, 5.41) is 0. The number of aryl methyl sites for hydroxylation is 1. The molecule has 1 aliphatic rings. The fourth-order valence-corrected chi connectivity index (χ4v) is 2.75. The molecule has 0 N–H and O–H groups in total. The highest BCUT2D eigenvalue weighted by Crippen LogP contribution is 2.28. The summed E-state index contributed by atoms with van der Waals surface area (Å²) < 4.78 is 10.1. The SMILES string of the molecule is COC(=O)C1CN(C(=O)c2cc(C)ccc2OC)CC1C. The van der Waals surface area contributed by atoms with E-state index in [9.17, 15) is 9.59 Å². The average molecular weight is 291 g/mol. The minimum absolute atomic E-state index is 0.0946. The van der Waals surface area contributed by atoms with Crippen molar-refractivity contribution in [1.82, 2.24) is 4.90 Å². The van der Waals surface area contributed by atoms with E-state index in [2.05, 4.69) is 0 Å². The third kappa shape index (κ3) is 3.01. The molecule has 1 saturated heterocycles. The van der Waals surface area contributed by atoms with E-state index < -0.39 is 0 Å². The molecule has 1 amide bonds. The Morgan fingerprint density at radius 3 is 2.57 bits per heavy atom. The number of methoxy groups -OCH3 is 2. The van der Waals surface area contributed by atoms with Gasteiger partial charge in [-0.15, -0.1) is 0 Å². The van der Waals surface area contributed by atoms with Crippen molar-refractivity contribution in [1.29, 1.82) is 0 Å². The van der Waals surface area contributed by atoms with Gasteiger partial charge >= 0.3 is 5.97 Å². The summed E-state index contributed by atoms with van der Waals surface area (Å²) in [5.41, 5.74) is 1.53. The Labute approximate surface area is 124 Å². The molecule has 0 aromatic heterocycles. The van der Waals surface area contributed by atoms with E-state index in [1.54, 1.807) is 18.1 Å². The molecule has 1 heterocycles. The second-order valence-corrected chi connectivity index (χ2v) is 5.52. The van der Waals surface area contributed by atoms with Gasteiger partial charge in [0.05, 0.1) is 25.7 Å². The second-order valence-electron chi connectivity index (χ2n) is 5.52. The van der Waals surface area contributed by atoms with Gasteiger partial charge in [-0.3, -0.25) is 9.59 Å². The summed E-state index contributed by atoms with van der Waals surface area (Å²) >= 11 is 0. The van der Waals surface area contributed by atoms with E-state index in [-0.39, 0.29) is 23.7 Å². The maximum atomic E-state index is 12.7. The van der Waals surface area contributed by atoms with Crippen LogP contribution in [0.3, 0.4) is 0 Å². The van der Waals surface area contributed by atoms with Crippen LogP contribution in [-0.2, 0) is 9.53 Å². The molecule has 1 aliphatic heterocycles. The van der Waals surface area contributed by atoms with Gasteiger partial charge in [0.25, 0.3) is 5.91 Å². The van der Waals surface area contributed by atoms with Crippen LogP contribution < -0.4 is 4.74 Å². The number of ether oxygens (including phenoxy) is 2. The number of hydrogen-bond donors (Lipinski definition) is 0. The van der Waals surface area contributed by atoms with E-state index in [1.807, 2.05) is 26.0 Å². The first-order chi connectivity index (χ1) is 9.97. The lowest BCUT2D eigenvalue weighted by atomic mass is 9.99. The molecule has 2 atom stereocenters. The van der Waals surface area contributed by atoms with Crippen molar-refractivity contribution < 1.29 is 19.1 Å². The molecule has 1 aromatic carbocycles. The lowest BCUT2D eigenvalue weighted by molar-refractivity contribution is -0.146. The van der Waals surface area contributed by atoms with Gasteiger partial charge in [-0.25, -0.2) is 0 Å². The number of amides is 1. The molecular formula is C16H21NO4. The number of hydrogen-bond acceptors (Lipinski definition) is 4. The van der Waals surface area contributed by atoms with Crippen molar-refractivity contribution in [3.05, 3.63) is 29.3 Å². The molecule has 0 spiro atoms. The zero-order chi connectivity index (χ0) is 15.6. The van der Waals surface area contributed by atoms with Gasteiger partial charge in [0.2, 0.25) is 0 Å². The summed E-state index contributed by atoms with van der Waals surface area (Å²) in [6.45, 7) is 4.84. The van der Waals surface area contributed by atoms with E-state index in [1.165, 1.54) is 7.11 Å². The van der Waals surface area contributed by atoms with E-state index >= 15 is 0 Å². The Hall–Kier alpha value is -2.04. The maximum absolute atomic E-state index is 12.7. The van der Waals surface area contributed by atoms with Gasteiger partial charge < -0.3 is 14.4 Å². The van der Waals surface area contributed by atoms with Crippen molar-refractivity contribution in [2.45, 2.75) is 13.8 Å². The van der Waals surface area contributed by atoms with Gasteiger partial charge in [-0.05, 0) is 25.0 Å². The Balaban J connectivity index is 2.22. The largest absolute Gasteiger partial charge is 0.496 e. The normalized spacial score (nSPS) is 21.2. The molecule has 5 nitrogen and oxygen atoms in total. The summed E-state index contributed by atoms with van der Waals surface area (Å²) in [4.78, 5) is 26.1. The number of carbonyl (C=O) groups is 2. The maximum Gasteiger partial charge on any atom is 0.310 e. The first-order valence-electron chi connectivity index (χ1n) is 6.99. The van der Waals surface area contributed by atoms with Crippen LogP contribution in [0, 0.1) is 18.8 Å². The standard InChI is InChI=1S/C16H21NO4/c1-10-5-6-14(20-3)12(7-10)15(18)17-8-11(2)13(9-17)16(19)21-4/h5-7,11,13H,8-9H2,1-4H3. The fourth-order valence-electron chi connectivity index (χ4n) is 2.75. The molecule has 5 heteroatoms. The van der Waals surface area contributed by atoms with Crippen LogP contribution in [0.1, 0.15) is 22.8 Å². The van der Waals surface area contributed by atoms with Crippen LogP contribution in [0.4, 0.5) is 0 Å². The van der Waals surface area contributed by atoms with Gasteiger partial charge in [0.1, 0.15) is 5.75 Å². The molecule has 114 valence electrons. The molecule has 2 unspecified atom stereocenters. The quantitative estimate of drug-likeness (QED) is 0.798. The molecule has 0 saturated carbocycles. The zero-order valence-corrected chi connectivity index (χ0v) is 12.9.